The lowest BCUT2D eigenvalue weighted by Crippen LogP contribution is -2.70. The molecule has 5 nitrogen and oxygen atoms in total. The van der Waals surface area contributed by atoms with Crippen molar-refractivity contribution in [3.05, 3.63) is 89.0 Å². The minimum absolute atomic E-state index is 0.0780. The molecule has 0 saturated carbocycles. The molecule has 5 rings (SSSR count). The Morgan fingerprint density at radius 1 is 1.24 bits per heavy atom. The van der Waals surface area contributed by atoms with Gasteiger partial charge >= 0.3 is 0 Å². The lowest BCUT2D eigenvalue weighted by atomic mass is 9.52. The van der Waals surface area contributed by atoms with Crippen molar-refractivity contribution in [1.29, 1.82) is 5.26 Å². The number of allylic oxidation sites excluding steroid dienone is 2. The molecule has 168 valence electrons. The molecule has 2 bridgehead atoms. The summed E-state index contributed by atoms with van der Waals surface area (Å²) >= 11 is 0. The summed E-state index contributed by atoms with van der Waals surface area (Å²) < 4.78 is 12.1. The van der Waals surface area contributed by atoms with Crippen LogP contribution in [0.5, 0.6) is 11.5 Å². The Bertz CT molecular complexity index is 1190. The third-order valence-electron chi connectivity index (χ3n) is 7.38. The summed E-state index contributed by atoms with van der Waals surface area (Å²) in [4.78, 5) is 2.23. The van der Waals surface area contributed by atoms with Gasteiger partial charge in [-0.15, -0.1) is 0 Å². The van der Waals surface area contributed by atoms with Gasteiger partial charge in [0.15, 0.2) is 11.5 Å². The first-order valence-electron chi connectivity index (χ1n) is 11.3. The van der Waals surface area contributed by atoms with Gasteiger partial charge in [0.1, 0.15) is 12.2 Å². The SMILES string of the molecule is COc1ccc2c(c1OC/C=C/c1ccccc1)[C@@]13C=C(C#N)C=C[C@@]1(O)[C@H](C2)N(C)CC3. The number of hydrogen-bond acceptors (Lipinski definition) is 5. The van der Waals surface area contributed by atoms with Crippen LogP contribution in [0.4, 0.5) is 0 Å². The number of benzene rings is 2. The van der Waals surface area contributed by atoms with E-state index in [0.29, 0.717) is 36.5 Å². The number of methoxy groups -OCH3 is 1. The predicted octanol–water partition coefficient (Wildman–Crippen LogP) is 4.04. The number of aliphatic hydroxyl groups is 1. The molecule has 33 heavy (non-hydrogen) atoms. The zero-order valence-electron chi connectivity index (χ0n) is 19.0. The molecule has 5 heteroatoms. The van der Waals surface area contributed by atoms with Gasteiger partial charge in [-0.3, -0.25) is 4.90 Å². The van der Waals surface area contributed by atoms with E-state index in [1.165, 1.54) is 0 Å². The second-order valence-corrected chi connectivity index (χ2v) is 9.05. The van der Waals surface area contributed by atoms with Crippen molar-refractivity contribution < 1.29 is 14.6 Å². The fraction of sp³-hybridized carbons (Fsp3) is 0.321. The molecular formula is C28H28N2O3. The van der Waals surface area contributed by atoms with Gasteiger partial charge < -0.3 is 14.6 Å². The first-order valence-corrected chi connectivity index (χ1v) is 11.3. The molecule has 2 aromatic rings. The van der Waals surface area contributed by atoms with Crippen LogP contribution in [0.2, 0.25) is 0 Å². The molecule has 1 N–H and O–H groups in total. The minimum atomic E-state index is -1.13. The Kier molecular flexibility index (Phi) is 5.36. The van der Waals surface area contributed by atoms with Crippen LogP contribution >= 0.6 is 0 Å². The Hall–Kier alpha value is -3.33. The molecule has 0 spiro atoms. The third-order valence-corrected chi connectivity index (χ3v) is 7.38. The van der Waals surface area contributed by atoms with Gasteiger partial charge in [-0.05, 0) is 61.9 Å². The van der Waals surface area contributed by atoms with Crippen LogP contribution in [0.1, 0.15) is 23.1 Å². The van der Waals surface area contributed by atoms with E-state index in [1.807, 2.05) is 60.7 Å². The number of fused-ring (bicyclic) bond motifs is 1. The van der Waals surface area contributed by atoms with E-state index in [4.69, 9.17) is 9.47 Å². The summed E-state index contributed by atoms with van der Waals surface area (Å²) in [5.74, 6) is 1.29. The zero-order chi connectivity index (χ0) is 23.1. The Labute approximate surface area is 194 Å². The summed E-state index contributed by atoms with van der Waals surface area (Å²) in [7, 11) is 3.69. The first-order chi connectivity index (χ1) is 16.0. The average Bonchev–Trinajstić information content (AvgIpc) is 2.84. The van der Waals surface area contributed by atoms with Crippen molar-refractivity contribution in [3.8, 4) is 17.6 Å². The molecule has 0 radical (unpaired) electrons. The topological polar surface area (TPSA) is 65.7 Å². The van der Waals surface area contributed by atoms with E-state index in [0.717, 1.165) is 23.2 Å². The molecule has 0 aromatic heterocycles. The minimum Gasteiger partial charge on any atom is -0.493 e. The summed E-state index contributed by atoms with van der Waals surface area (Å²) in [6.07, 6.45) is 10.9. The highest BCUT2D eigenvalue weighted by atomic mass is 16.5. The monoisotopic (exact) mass is 440 g/mol. The van der Waals surface area contributed by atoms with Crippen LogP contribution in [0.25, 0.3) is 6.08 Å². The van der Waals surface area contributed by atoms with Gasteiger partial charge in [0.2, 0.25) is 0 Å². The number of likely N-dealkylation sites (N-methyl/N-ethyl adjacent to an activating group) is 1. The van der Waals surface area contributed by atoms with Gasteiger partial charge in [0.05, 0.1) is 18.6 Å². The van der Waals surface area contributed by atoms with Gasteiger partial charge in [0.25, 0.3) is 0 Å². The quantitative estimate of drug-likeness (QED) is 0.760. The van der Waals surface area contributed by atoms with E-state index in [2.05, 4.69) is 24.1 Å². The molecule has 1 fully saturated rings. The van der Waals surface area contributed by atoms with Gasteiger partial charge in [-0.25, -0.2) is 0 Å². The van der Waals surface area contributed by atoms with Crippen molar-refractivity contribution in [2.75, 3.05) is 27.3 Å². The van der Waals surface area contributed by atoms with Gasteiger partial charge in [-0.1, -0.05) is 48.6 Å². The lowest BCUT2D eigenvalue weighted by Gasteiger charge is -2.60. The number of likely N-dealkylation sites (tertiary alicyclic amines) is 1. The van der Waals surface area contributed by atoms with Crippen LogP contribution in [-0.4, -0.2) is 49.0 Å². The summed E-state index contributed by atoms with van der Waals surface area (Å²) in [5.41, 5.74) is 1.87. The smallest absolute Gasteiger partial charge is 0.166 e. The zero-order valence-corrected chi connectivity index (χ0v) is 19.0. The van der Waals surface area contributed by atoms with Crippen molar-refractivity contribution in [1.82, 2.24) is 4.90 Å². The maximum absolute atomic E-state index is 12.1. The number of piperidine rings is 1. The number of nitriles is 1. The second-order valence-electron chi connectivity index (χ2n) is 9.05. The normalized spacial score (nSPS) is 27.9. The summed E-state index contributed by atoms with van der Waals surface area (Å²) in [6.45, 7) is 1.18. The van der Waals surface area contributed by atoms with E-state index in [1.54, 1.807) is 13.2 Å². The second kappa shape index (κ2) is 8.22. The highest BCUT2D eigenvalue weighted by molar-refractivity contribution is 5.64. The molecule has 3 atom stereocenters. The summed E-state index contributed by atoms with van der Waals surface area (Å²) in [6, 6.07) is 16.3. The molecule has 1 heterocycles. The highest BCUT2D eigenvalue weighted by Gasteiger charge is 2.62. The maximum atomic E-state index is 12.1. The highest BCUT2D eigenvalue weighted by Crippen LogP contribution is 2.58. The van der Waals surface area contributed by atoms with Crippen molar-refractivity contribution >= 4 is 6.08 Å². The van der Waals surface area contributed by atoms with Crippen molar-refractivity contribution in [2.45, 2.75) is 29.9 Å². The van der Waals surface area contributed by atoms with Crippen LogP contribution in [-0.2, 0) is 11.8 Å². The maximum Gasteiger partial charge on any atom is 0.166 e. The fourth-order valence-electron chi connectivity index (χ4n) is 5.75. The fourth-order valence-corrected chi connectivity index (χ4v) is 5.75. The molecule has 2 aliphatic carbocycles. The van der Waals surface area contributed by atoms with E-state index in [9.17, 15) is 10.4 Å². The Morgan fingerprint density at radius 3 is 2.82 bits per heavy atom. The van der Waals surface area contributed by atoms with Gasteiger partial charge in [-0.2, -0.15) is 5.26 Å². The van der Waals surface area contributed by atoms with Crippen LogP contribution in [0.3, 0.4) is 0 Å². The van der Waals surface area contributed by atoms with Crippen LogP contribution < -0.4 is 9.47 Å². The van der Waals surface area contributed by atoms with Crippen LogP contribution in [0, 0.1) is 11.3 Å². The van der Waals surface area contributed by atoms with E-state index in [-0.39, 0.29) is 6.04 Å². The molecule has 0 amide bonds. The predicted molar refractivity (Wildman–Crippen MR) is 128 cm³/mol. The number of rotatable bonds is 5. The number of ether oxygens (including phenoxy) is 2. The van der Waals surface area contributed by atoms with E-state index < -0.39 is 11.0 Å². The van der Waals surface area contributed by atoms with Gasteiger partial charge in [0, 0.05) is 17.2 Å². The summed E-state index contributed by atoms with van der Waals surface area (Å²) in [5, 5.41) is 21.8. The van der Waals surface area contributed by atoms with Crippen molar-refractivity contribution in [3.63, 3.8) is 0 Å². The largest absolute Gasteiger partial charge is 0.493 e. The molecule has 2 aromatic carbocycles. The first kappa shape index (κ1) is 21.5. The molecule has 3 aliphatic rings. The Balaban J connectivity index is 1.61. The number of nitrogens with zero attached hydrogens (tertiary/aromatic N) is 2. The lowest BCUT2D eigenvalue weighted by molar-refractivity contribution is -0.0909. The number of hydrogen-bond donors (Lipinski definition) is 1. The van der Waals surface area contributed by atoms with Crippen molar-refractivity contribution in [2.24, 2.45) is 0 Å². The molecule has 1 aliphatic heterocycles. The Morgan fingerprint density at radius 2 is 2.06 bits per heavy atom. The van der Waals surface area contributed by atoms with E-state index >= 15 is 0 Å². The molecular weight excluding hydrogens is 412 g/mol. The average molecular weight is 441 g/mol. The molecule has 0 unspecified atom stereocenters. The van der Waals surface area contributed by atoms with Crippen LogP contribution in [0.15, 0.2) is 72.3 Å². The standard InChI is InChI=1S/C28H28N2O3/c1-30-15-14-27-18-21(19-29)12-13-28(27,31)24(30)17-22-10-11-23(32-2)26(25(22)27)33-16-6-9-20-7-4-3-5-8-20/h3-13,18,24,31H,14-17H2,1-2H3/b9-6+/t24-,27+,28+/m0/s1. The third kappa shape index (κ3) is 3.30. The molecule has 1 saturated heterocycles.